The molecule has 2 heterocycles. The Morgan fingerprint density at radius 1 is 1.32 bits per heavy atom. The van der Waals surface area contributed by atoms with E-state index in [2.05, 4.69) is 5.32 Å². The fraction of sp³-hybridized carbons (Fsp3) is 0.625. The van der Waals surface area contributed by atoms with Crippen LogP contribution >= 0.6 is 0 Å². The van der Waals surface area contributed by atoms with Crippen molar-refractivity contribution < 1.29 is 9.50 Å². The van der Waals surface area contributed by atoms with Gasteiger partial charge >= 0.3 is 0 Å². The van der Waals surface area contributed by atoms with Gasteiger partial charge in [-0.2, -0.15) is 0 Å². The van der Waals surface area contributed by atoms with Crippen LogP contribution in [0.4, 0.5) is 4.39 Å². The Kier molecular flexibility index (Phi) is 3.35. The third-order valence-electron chi connectivity index (χ3n) is 4.66. The van der Waals surface area contributed by atoms with Crippen molar-refractivity contribution >= 4 is 0 Å². The van der Waals surface area contributed by atoms with Crippen LogP contribution in [-0.2, 0) is 6.42 Å². The number of hydrogen-bond acceptors (Lipinski definition) is 2. The van der Waals surface area contributed by atoms with E-state index in [1.807, 2.05) is 6.92 Å². The summed E-state index contributed by atoms with van der Waals surface area (Å²) in [4.78, 5) is 0. The van der Waals surface area contributed by atoms with Crippen molar-refractivity contribution in [3.8, 4) is 0 Å². The molecule has 2 fully saturated rings. The van der Waals surface area contributed by atoms with Gasteiger partial charge in [0.15, 0.2) is 0 Å². The summed E-state index contributed by atoms with van der Waals surface area (Å²) in [6, 6.07) is 5.74. The van der Waals surface area contributed by atoms with Gasteiger partial charge in [0.2, 0.25) is 0 Å². The second-order valence-corrected chi connectivity index (χ2v) is 6.37. The molecule has 2 aliphatic heterocycles. The summed E-state index contributed by atoms with van der Waals surface area (Å²) in [6.45, 7) is 1.99. The van der Waals surface area contributed by atoms with Gasteiger partial charge in [0.1, 0.15) is 5.82 Å². The topological polar surface area (TPSA) is 32.3 Å². The molecule has 0 aromatic heterocycles. The van der Waals surface area contributed by atoms with Crippen LogP contribution in [-0.4, -0.2) is 22.8 Å². The molecule has 1 aromatic carbocycles. The molecule has 0 spiro atoms. The average Bonchev–Trinajstić information content (AvgIpc) is 2.33. The molecule has 2 nitrogen and oxygen atoms in total. The molecular weight excluding hydrogens is 241 g/mol. The number of fused-ring (bicyclic) bond motifs is 2. The maximum Gasteiger partial charge on any atom is 0.123 e. The predicted molar refractivity (Wildman–Crippen MR) is 73.6 cm³/mol. The van der Waals surface area contributed by atoms with E-state index >= 15 is 0 Å². The Balaban J connectivity index is 1.79. The number of halogens is 1. The van der Waals surface area contributed by atoms with Crippen molar-refractivity contribution in [3.05, 3.63) is 35.1 Å². The molecule has 0 saturated carbocycles. The van der Waals surface area contributed by atoms with Crippen LogP contribution in [0.25, 0.3) is 0 Å². The largest absolute Gasteiger partial charge is 0.389 e. The minimum Gasteiger partial charge on any atom is -0.389 e. The molecule has 2 saturated heterocycles. The van der Waals surface area contributed by atoms with Crippen molar-refractivity contribution in [3.63, 3.8) is 0 Å². The maximum atomic E-state index is 13.4. The quantitative estimate of drug-likeness (QED) is 0.860. The Labute approximate surface area is 114 Å². The first-order valence-corrected chi connectivity index (χ1v) is 7.28. The number of aryl methyl sites for hydroxylation is 1. The van der Waals surface area contributed by atoms with Crippen LogP contribution in [0.3, 0.4) is 0 Å². The van der Waals surface area contributed by atoms with Gasteiger partial charge in [0.05, 0.1) is 5.60 Å². The highest BCUT2D eigenvalue weighted by atomic mass is 19.1. The van der Waals surface area contributed by atoms with Crippen molar-refractivity contribution in [2.75, 3.05) is 0 Å². The molecule has 0 aliphatic carbocycles. The maximum absolute atomic E-state index is 13.4. The van der Waals surface area contributed by atoms with Gasteiger partial charge in [-0.05, 0) is 55.9 Å². The molecular formula is C16H22FNO. The highest BCUT2D eigenvalue weighted by Gasteiger charge is 2.40. The molecule has 2 bridgehead atoms. The minimum absolute atomic E-state index is 0.210. The lowest BCUT2D eigenvalue weighted by Gasteiger charge is -2.45. The normalized spacial score (nSPS) is 34.3. The van der Waals surface area contributed by atoms with E-state index in [1.165, 1.54) is 12.5 Å². The fourth-order valence-corrected chi connectivity index (χ4v) is 3.76. The van der Waals surface area contributed by atoms with Gasteiger partial charge in [-0.25, -0.2) is 4.39 Å². The summed E-state index contributed by atoms with van der Waals surface area (Å²) in [5, 5.41) is 14.5. The second-order valence-electron chi connectivity index (χ2n) is 6.37. The van der Waals surface area contributed by atoms with Crippen LogP contribution in [0, 0.1) is 12.7 Å². The monoisotopic (exact) mass is 263 g/mol. The number of hydrogen-bond donors (Lipinski definition) is 2. The Bertz CT molecular complexity index is 462. The fourth-order valence-electron chi connectivity index (χ4n) is 3.76. The molecule has 3 rings (SSSR count). The van der Waals surface area contributed by atoms with Crippen molar-refractivity contribution in [1.82, 2.24) is 5.32 Å². The highest BCUT2D eigenvalue weighted by Crippen LogP contribution is 2.35. The van der Waals surface area contributed by atoms with E-state index in [4.69, 9.17) is 0 Å². The molecule has 0 radical (unpaired) electrons. The van der Waals surface area contributed by atoms with Crippen LogP contribution in [0.2, 0.25) is 0 Å². The molecule has 0 amide bonds. The molecule has 2 aliphatic rings. The summed E-state index contributed by atoms with van der Waals surface area (Å²) in [5.74, 6) is -0.210. The molecule has 3 heteroatoms. The van der Waals surface area contributed by atoms with Crippen LogP contribution in [0.5, 0.6) is 0 Å². The number of benzene rings is 1. The zero-order chi connectivity index (χ0) is 13.5. The van der Waals surface area contributed by atoms with E-state index in [9.17, 15) is 9.50 Å². The van der Waals surface area contributed by atoms with Crippen molar-refractivity contribution in [2.24, 2.45) is 0 Å². The summed E-state index contributed by atoms with van der Waals surface area (Å²) in [5.41, 5.74) is 1.35. The zero-order valence-electron chi connectivity index (χ0n) is 11.5. The first kappa shape index (κ1) is 13.1. The minimum atomic E-state index is -0.667. The first-order valence-electron chi connectivity index (χ1n) is 7.28. The van der Waals surface area contributed by atoms with Crippen molar-refractivity contribution in [2.45, 2.75) is 63.1 Å². The zero-order valence-corrected chi connectivity index (χ0v) is 11.5. The lowest BCUT2D eigenvalue weighted by Crippen LogP contribution is -2.56. The van der Waals surface area contributed by atoms with Crippen molar-refractivity contribution in [1.29, 1.82) is 0 Å². The standard InChI is InChI=1S/C16H22FNO/c1-11-5-6-13(17)7-12(11)8-16(19)9-14-3-2-4-15(10-16)18-14/h5-7,14-15,18-19H,2-4,8-10H2,1H3. The van der Waals surface area contributed by atoms with Crippen LogP contribution in [0.15, 0.2) is 18.2 Å². The highest BCUT2D eigenvalue weighted by molar-refractivity contribution is 5.28. The van der Waals surface area contributed by atoms with E-state index in [0.29, 0.717) is 18.5 Å². The second kappa shape index (κ2) is 4.88. The number of rotatable bonds is 2. The number of aliphatic hydroxyl groups is 1. The average molecular weight is 263 g/mol. The third kappa shape index (κ3) is 2.82. The van der Waals surface area contributed by atoms with E-state index < -0.39 is 5.60 Å². The number of nitrogens with one attached hydrogen (secondary N) is 1. The molecule has 2 N–H and O–H groups in total. The smallest absolute Gasteiger partial charge is 0.123 e. The summed E-state index contributed by atoms with van der Waals surface area (Å²) in [7, 11) is 0. The summed E-state index contributed by atoms with van der Waals surface area (Å²) in [6.07, 6.45) is 5.73. The van der Waals surface area contributed by atoms with E-state index in [-0.39, 0.29) is 5.82 Å². The Hall–Kier alpha value is -0.930. The van der Waals surface area contributed by atoms with Gasteiger partial charge in [0.25, 0.3) is 0 Å². The molecule has 19 heavy (non-hydrogen) atoms. The van der Waals surface area contributed by atoms with Gasteiger partial charge in [-0.1, -0.05) is 12.5 Å². The lowest BCUT2D eigenvalue weighted by molar-refractivity contribution is -0.0304. The lowest BCUT2D eigenvalue weighted by atomic mass is 9.74. The molecule has 2 atom stereocenters. The predicted octanol–water partition coefficient (Wildman–Crippen LogP) is 2.71. The Morgan fingerprint density at radius 3 is 2.68 bits per heavy atom. The van der Waals surface area contributed by atoms with Gasteiger partial charge < -0.3 is 10.4 Å². The number of piperidine rings is 2. The van der Waals surface area contributed by atoms with Crippen LogP contribution < -0.4 is 5.32 Å². The van der Waals surface area contributed by atoms with E-state index in [0.717, 1.165) is 36.8 Å². The summed E-state index contributed by atoms with van der Waals surface area (Å²) < 4.78 is 13.4. The Morgan fingerprint density at radius 2 is 2.00 bits per heavy atom. The third-order valence-corrected chi connectivity index (χ3v) is 4.66. The first-order chi connectivity index (χ1) is 9.04. The van der Waals surface area contributed by atoms with Gasteiger partial charge in [0, 0.05) is 18.5 Å². The molecule has 104 valence electrons. The van der Waals surface area contributed by atoms with Crippen LogP contribution in [0.1, 0.15) is 43.2 Å². The van der Waals surface area contributed by atoms with Gasteiger partial charge in [-0.3, -0.25) is 0 Å². The van der Waals surface area contributed by atoms with Gasteiger partial charge in [-0.15, -0.1) is 0 Å². The SMILES string of the molecule is Cc1ccc(F)cc1CC1(O)CC2CCCC(C1)N2. The van der Waals surface area contributed by atoms with E-state index in [1.54, 1.807) is 12.1 Å². The molecule has 1 aromatic rings. The summed E-state index contributed by atoms with van der Waals surface area (Å²) >= 11 is 0. The molecule has 2 unspecified atom stereocenters.